The molecular weight excluding hydrogens is 1090 g/mol. The van der Waals surface area contributed by atoms with Crippen LogP contribution in [0.3, 0.4) is 0 Å². The van der Waals surface area contributed by atoms with E-state index in [1.807, 2.05) is 33.7 Å². The zero-order valence-corrected chi connectivity index (χ0v) is 50.0. The fourth-order valence-corrected chi connectivity index (χ4v) is 18.5. The van der Waals surface area contributed by atoms with Crippen LogP contribution < -0.4 is 35.9 Å². The lowest BCUT2D eigenvalue weighted by molar-refractivity contribution is -0.141. The first-order chi connectivity index (χ1) is 41.0. The fraction of sp³-hybridized carbons (Fsp3) is 0.493. The predicted molar refractivity (Wildman–Crippen MR) is 331 cm³/mol. The van der Waals surface area contributed by atoms with Gasteiger partial charge in [0.25, 0.3) is 0 Å². The van der Waals surface area contributed by atoms with E-state index in [-0.39, 0.29) is 67.1 Å². The summed E-state index contributed by atoms with van der Waals surface area (Å²) in [6.07, 6.45) is 17.0. The van der Waals surface area contributed by atoms with E-state index in [2.05, 4.69) is 100 Å². The summed E-state index contributed by atoms with van der Waals surface area (Å²) in [6.45, 7) is 2.38. The summed E-state index contributed by atoms with van der Waals surface area (Å²) >= 11 is 0. The molecular formula is C69H78N4O9S2. The molecule has 1 saturated heterocycles. The van der Waals surface area contributed by atoms with Crippen LogP contribution in [-0.4, -0.2) is 97.7 Å². The molecule has 15 heteroatoms. The first-order valence-electron chi connectivity index (χ1n) is 30.4. The van der Waals surface area contributed by atoms with Crippen molar-refractivity contribution in [3.8, 4) is 63.6 Å². The Morgan fingerprint density at radius 1 is 0.940 bits per heavy atom. The average molecular weight is 1170 g/mol. The average Bonchev–Trinajstić information content (AvgIpc) is 1.59. The summed E-state index contributed by atoms with van der Waals surface area (Å²) in [6, 6.07) is 18.8. The number of dihydropyridines is 1. The molecule has 13 rings (SSSR count). The van der Waals surface area contributed by atoms with E-state index in [0.717, 1.165) is 101 Å². The number of carbonyl (C=O) groups excluding carboxylic acids is 1. The highest BCUT2D eigenvalue weighted by Gasteiger charge is 2.53. The molecule has 4 aromatic rings. The molecule has 440 valence electrons. The Bertz CT molecular complexity index is 3420. The fourth-order valence-electron chi connectivity index (χ4n) is 15.9. The second-order valence-electron chi connectivity index (χ2n) is 24.9. The quantitative estimate of drug-likeness (QED) is 0.0477. The Labute approximate surface area is 502 Å². The van der Waals surface area contributed by atoms with E-state index in [1.165, 1.54) is 25.3 Å². The number of nitrogens with two attached hydrogens (primary N) is 1. The molecule has 2 saturated carbocycles. The molecule has 8 N–H and O–H groups in total. The van der Waals surface area contributed by atoms with Crippen LogP contribution in [0.25, 0.3) is 17.2 Å². The van der Waals surface area contributed by atoms with Crippen molar-refractivity contribution in [2.75, 3.05) is 52.1 Å². The van der Waals surface area contributed by atoms with E-state index in [4.69, 9.17) is 29.4 Å². The smallest absolute Gasteiger partial charge is 0.302 e. The highest BCUT2D eigenvalue weighted by Crippen LogP contribution is 2.64. The summed E-state index contributed by atoms with van der Waals surface area (Å²) < 4.78 is 33.6. The van der Waals surface area contributed by atoms with Crippen LogP contribution in [0.2, 0.25) is 0 Å². The number of allylic oxidation sites excluding steroid dienone is 3. The number of phenols is 2. The van der Waals surface area contributed by atoms with Gasteiger partial charge in [-0.05, 0) is 127 Å². The molecule has 4 aromatic carbocycles. The summed E-state index contributed by atoms with van der Waals surface area (Å²) in [5.41, 5.74) is 17.2. The maximum absolute atomic E-state index is 13.4. The highest BCUT2D eigenvalue weighted by atomic mass is 33.1. The second kappa shape index (κ2) is 24.4. The Kier molecular flexibility index (Phi) is 16.6. The number of aliphatic hydroxyl groups is 1. The lowest BCUT2D eigenvalue weighted by atomic mass is 9.64. The molecule has 0 radical (unpaired) electrons. The summed E-state index contributed by atoms with van der Waals surface area (Å²) in [5.74, 6) is 17.3. The standard InChI is InChI=1S/C69H78N4O9S2/c1-39(75)80-36-55-51-18-19-52-61-45(28-48(76)29-58(61)79-3)31-69-26-25-43(30-69)49(17-15-40-9-5-4-6-10-40)50-21-24-60(70)73-56(50)22-16-42-12-8-13-44(35-78-2)46(34-74)32-71-33-54-62(42)63(66(55)82-67(51)64(52)69)53-20-23-57-59(81-68(53)65(54)77)38-84-83-37-41-11-7-14-47(27-41)72-57/h4-6,9-10,18-21,23-24,28-29,41-44,46-47,49,55,57,59-60,66,71-74,76-77H,7,11,13-15,17,25-27,30-38,70H2,1-3H3/t41-,42+,43+,44+,46+,47+,49-,55+,57+,59-,60?,66+,69-/m1/s1. The van der Waals surface area contributed by atoms with Gasteiger partial charge >= 0.3 is 5.97 Å². The Morgan fingerprint density at radius 2 is 1.81 bits per heavy atom. The Balaban J connectivity index is 1.11. The molecule has 1 unspecified atom stereocenters. The lowest BCUT2D eigenvalue weighted by Gasteiger charge is -2.40. The molecule has 0 amide bonds. The van der Waals surface area contributed by atoms with Crippen molar-refractivity contribution in [3.05, 3.63) is 129 Å². The molecule has 1 spiro atoms. The first-order valence-corrected chi connectivity index (χ1v) is 32.9. The number of methoxy groups -OCH3 is 2. The normalized spacial score (nSPS) is 30.7. The molecule has 6 bridgehead atoms. The lowest BCUT2D eigenvalue weighted by Crippen LogP contribution is -2.49. The van der Waals surface area contributed by atoms with Crippen molar-refractivity contribution in [2.24, 2.45) is 35.3 Å². The minimum Gasteiger partial charge on any atom is -0.508 e. The SMILES string of the molecule is COC[C@@H]1CC#C[C@H]2C#CC3=C(C=CC(N)N3)[C@H](CCc3ccccc3)[C@H]3CC[C@]4(Cc5cc(O)cc(OC)c5-c5ccc6c(c54)O[C@H](c4c5c(c(O)c(c42)CNC[C@H]1CO)O[C@@H]1CSSC[C@@H]2CCC[C@@H](C2)N[C@H]1C=C5)[C@H]6COC(C)=O)C3. The first kappa shape index (κ1) is 57.1. The minimum atomic E-state index is -0.823. The van der Waals surface area contributed by atoms with Crippen LogP contribution in [-0.2, 0) is 39.1 Å². The van der Waals surface area contributed by atoms with Crippen molar-refractivity contribution >= 4 is 33.6 Å². The number of phenolic OH excluding ortho intramolecular Hbond substituents is 2. The number of benzene rings is 4. The van der Waals surface area contributed by atoms with Gasteiger partial charge in [-0.1, -0.05) is 101 Å². The molecule has 0 aromatic heterocycles. The Morgan fingerprint density at radius 3 is 2.64 bits per heavy atom. The highest BCUT2D eigenvalue weighted by molar-refractivity contribution is 8.76. The molecule has 84 heavy (non-hydrogen) atoms. The van der Waals surface area contributed by atoms with Gasteiger partial charge in [-0.25, -0.2) is 0 Å². The van der Waals surface area contributed by atoms with Gasteiger partial charge in [0.05, 0.1) is 37.5 Å². The number of esters is 1. The number of aromatic hydroxyl groups is 2. The zero-order valence-electron chi connectivity index (χ0n) is 48.3. The number of ether oxygens (including phenoxy) is 5. The molecule has 13 atom stereocenters. The molecule has 6 heterocycles. The third-order valence-electron chi connectivity index (χ3n) is 19.8. The molecule has 9 aliphatic rings. The van der Waals surface area contributed by atoms with E-state index < -0.39 is 35.5 Å². The van der Waals surface area contributed by atoms with Crippen molar-refractivity contribution < 1.29 is 43.8 Å². The van der Waals surface area contributed by atoms with Gasteiger partial charge in [-0.15, -0.1) is 5.92 Å². The number of carbonyl (C=O) groups is 1. The zero-order chi connectivity index (χ0) is 57.6. The molecule has 6 aliphatic heterocycles. The van der Waals surface area contributed by atoms with Gasteiger partial charge in [0.15, 0.2) is 11.5 Å². The molecule has 3 aliphatic carbocycles. The number of hydrogen-bond acceptors (Lipinski definition) is 15. The van der Waals surface area contributed by atoms with E-state index in [9.17, 15) is 20.1 Å². The van der Waals surface area contributed by atoms with Crippen LogP contribution in [0, 0.1) is 53.3 Å². The van der Waals surface area contributed by atoms with Gasteiger partial charge in [-0.2, -0.15) is 0 Å². The summed E-state index contributed by atoms with van der Waals surface area (Å²) in [7, 11) is 7.10. The Hall–Kier alpha value is -6.01. The minimum absolute atomic E-state index is 0.00283. The number of rotatable bonds is 9. The third-order valence-corrected chi connectivity index (χ3v) is 22.4. The topological polar surface area (TPSA) is 186 Å². The van der Waals surface area contributed by atoms with Gasteiger partial charge in [-0.3, -0.25) is 4.79 Å². The van der Waals surface area contributed by atoms with E-state index in [1.54, 1.807) is 20.3 Å². The van der Waals surface area contributed by atoms with E-state index in [0.29, 0.717) is 71.9 Å². The largest absolute Gasteiger partial charge is 0.508 e. The van der Waals surface area contributed by atoms with Crippen molar-refractivity contribution in [3.63, 3.8) is 0 Å². The summed E-state index contributed by atoms with van der Waals surface area (Å²) in [4.78, 5) is 13.3. The number of fused-ring (bicyclic) bond motifs is 10. The van der Waals surface area contributed by atoms with Crippen molar-refractivity contribution in [1.82, 2.24) is 16.0 Å². The number of aryl methyl sites for hydroxylation is 1. The van der Waals surface area contributed by atoms with Crippen LogP contribution >= 0.6 is 21.6 Å². The number of aliphatic hydroxyl groups excluding tert-OH is 1. The van der Waals surface area contributed by atoms with E-state index >= 15 is 0 Å². The van der Waals surface area contributed by atoms with Crippen molar-refractivity contribution in [2.45, 2.75) is 132 Å². The molecule has 13 nitrogen and oxygen atoms in total. The van der Waals surface area contributed by atoms with Crippen molar-refractivity contribution in [1.29, 1.82) is 0 Å². The summed E-state index contributed by atoms with van der Waals surface area (Å²) in [5, 5.41) is 47.2. The van der Waals surface area contributed by atoms with Gasteiger partial charge in [0.2, 0.25) is 0 Å². The van der Waals surface area contributed by atoms with Gasteiger partial charge < -0.3 is 60.7 Å². The van der Waals surface area contributed by atoms with Crippen LogP contribution in [0.4, 0.5) is 0 Å². The van der Waals surface area contributed by atoms with Crippen LogP contribution in [0.5, 0.6) is 28.7 Å². The maximum atomic E-state index is 13.4. The number of nitrogens with one attached hydrogen (secondary N) is 3. The second-order valence-corrected chi connectivity index (χ2v) is 27.5. The maximum Gasteiger partial charge on any atom is 0.302 e. The third kappa shape index (κ3) is 10.9. The van der Waals surface area contributed by atoms with Crippen LogP contribution in [0.15, 0.2) is 84.1 Å². The predicted octanol–water partition coefficient (Wildman–Crippen LogP) is 10.2. The van der Waals surface area contributed by atoms with Crippen LogP contribution in [0.1, 0.15) is 127 Å². The number of hydrogen-bond donors (Lipinski definition) is 7. The van der Waals surface area contributed by atoms with Gasteiger partial charge in [0, 0.05) is 108 Å². The molecule has 3 fully saturated rings. The van der Waals surface area contributed by atoms with Gasteiger partial charge in [0.1, 0.15) is 42.0 Å². The monoisotopic (exact) mass is 1170 g/mol.